The molecule has 3 nitrogen and oxygen atoms in total. The summed E-state index contributed by atoms with van der Waals surface area (Å²) in [5.41, 5.74) is 1.18. The second kappa shape index (κ2) is 8.09. The molecular weight excluding hydrogens is 214 g/mol. The quantitative estimate of drug-likeness (QED) is 0.529. The summed E-state index contributed by atoms with van der Waals surface area (Å²) >= 11 is 0. The monoisotopic (exact) mass is 237 g/mol. The van der Waals surface area contributed by atoms with E-state index in [0.717, 1.165) is 25.3 Å². The van der Waals surface area contributed by atoms with Crippen molar-refractivity contribution in [1.29, 1.82) is 0 Å². The van der Waals surface area contributed by atoms with Crippen LogP contribution in [0.15, 0.2) is 29.4 Å². The highest BCUT2D eigenvalue weighted by Gasteiger charge is 2.06. The topological polar surface area (TPSA) is 34.4 Å². The third kappa shape index (κ3) is 5.71. The first-order valence-electron chi connectivity index (χ1n) is 6.18. The van der Waals surface area contributed by atoms with Gasteiger partial charge < -0.3 is 14.5 Å². The largest absolute Gasteiger partial charge is 0.467 e. The zero-order valence-corrected chi connectivity index (χ0v) is 10.9. The van der Waals surface area contributed by atoms with Crippen LogP contribution in [0.4, 0.5) is 0 Å². The van der Waals surface area contributed by atoms with E-state index in [2.05, 4.69) is 25.7 Å². The maximum atomic E-state index is 5.49. The number of furan rings is 1. The van der Waals surface area contributed by atoms with Gasteiger partial charge in [-0.1, -0.05) is 19.9 Å². The van der Waals surface area contributed by atoms with Crippen LogP contribution < -0.4 is 5.32 Å². The Labute approximate surface area is 104 Å². The SMILES string of the molecule is C=CCCOCc1occc1CNCC(C)C. The number of rotatable bonds is 9. The Morgan fingerprint density at radius 3 is 3.06 bits per heavy atom. The van der Waals surface area contributed by atoms with Crippen molar-refractivity contribution in [3.8, 4) is 0 Å². The minimum atomic E-state index is 0.541. The molecule has 0 aliphatic carbocycles. The Kier molecular flexibility index (Phi) is 6.67. The first-order valence-corrected chi connectivity index (χ1v) is 6.18. The van der Waals surface area contributed by atoms with Gasteiger partial charge in [-0.05, 0) is 24.9 Å². The van der Waals surface area contributed by atoms with E-state index >= 15 is 0 Å². The lowest BCUT2D eigenvalue weighted by molar-refractivity contribution is 0.109. The molecule has 1 aromatic heterocycles. The molecule has 17 heavy (non-hydrogen) atoms. The molecule has 0 bridgehead atoms. The maximum absolute atomic E-state index is 5.49. The first-order chi connectivity index (χ1) is 8.24. The highest BCUT2D eigenvalue weighted by molar-refractivity contribution is 5.16. The summed E-state index contributed by atoms with van der Waals surface area (Å²) < 4.78 is 10.9. The normalized spacial score (nSPS) is 11.0. The molecule has 0 saturated carbocycles. The van der Waals surface area contributed by atoms with Gasteiger partial charge in [0.1, 0.15) is 12.4 Å². The molecule has 0 aliphatic heterocycles. The molecular formula is C14H23NO2. The van der Waals surface area contributed by atoms with Crippen molar-refractivity contribution in [3.63, 3.8) is 0 Å². The van der Waals surface area contributed by atoms with Gasteiger partial charge in [0.25, 0.3) is 0 Å². The molecule has 1 heterocycles. The van der Waals surface area contributed by atoms with Crippen LogP contribution in [0.3, 0.4) is 0 Å². The summed E-state index contributed by atoms with van der Waals surface area (Å²) in [5.74, 6) is 1.58. The maximum Gasteiger partial charge on any atom is 0.133 e. The number of hydrogen-bond donors (Lipinski definition) is 1. The van der Waals surface area contributed by atoms with Gasteiger partial charge in [-0.3, -0.25) is 0 Å². The van der Waals surface area contributed by atoms with Crippen molar-refractivity contribution in [1.82, 2.24) is 5.32 Å². The summed E-state index contributed by atoms with van der Waals surface area (Å²) in [7, 11) is 0. The van der Waals surface area contributed by atoms with Crippen LogP contribution in [-0.4, -0.2) is 13.2 Å². The van der Waals surface area contributed by atoms with Crippen molar-refractivity contribution in [2.24, 2.45) is 5.92 Å². The van der Waals surface area contributed by atoms with Crippen LogP contribution in [0.5, 0.6) is 0 Å². The Hall–Kier alpha value is -1.06. The zero-order chi connectivity index (χ0) is 12.5. The summed E-state index contributed by atoms with van der Waals surface area (Å²) in [6.45, 7) is 11.1. The summed E-state index contributed by atoms with van der Waals surface area (Å²) in [4.78, 5) is 0. The molecule has 96 valence electrons. The standard InChI is InChI=1S/C14H23NO2/c1-4-5-7-16-11-14-13(6-8-17-14)10-15-9-12(2)3/h4,6,8,12,15H,1,5,7,9-11H2,2-3H3. The molecule has 0 saturated heterocycles. The van der Waals surface area contributed by atoms with Crippen molar-refractivity contribution in [3.05, 3.63) is 36.3 Å². The van der Waals surface area contributed by atoms with E-state index < -0.39 is 0 Å². The van der Waals surface area contributed by atoms with Crippen molar-refractivity contribution in [2.75, 3.05) is 13.2 Å². The van der Waals surface area contributed by atoms with E-state index in [4.69, 9.17) is 9.15 Å². The summed E-state index contributed by atoms with van der Waals surface area (Å²) in [6, 6.07) is 2.00. The molecule has 1 rings (SSSR count). The zero-order valence-electron chi connectivity index (χ0n) is 10.9. The van der Waals surface area contributed by atoms with E-state index in [9.17, 15) is 0 Å². The van der Waals surface area contributed by atoms with Crippen LogP contribution in [0.1, 0.15) is 31.6 Å². The highest BCUT2D eigenvalue weighted by Crippen LogP contribution is 2.12. The lowest BCUT2D eigenvalue weighted by atomic mass is 10.2. The average molecular weight is 237 g/mol. The predicted molar refractivity (Wildman–Crippen MR) is 69.7 cm³/mol. The second-order valence-electron chi connectivity index (χ2n) is 4.52. The van der Waals surface area contributed by atoms with Gasteiger partial charge in [-0.25, -0.2) is 0 Å². The van der Waals surface area contributed by atoms with Gasteiger partial charge in [0.15, 0.2) is 0 Å². The third-order valence-electron chi connectivity index (χ3n) is 2.41. The van der Waals surface area contributed by atoms with E-state index in [1.807, 2.05) is 12.1 Å². The molecule has 0 radical (unpaired) electrons. The molecule has 1 N–H and O–H groups in total. The van der Waals surface area contributed by atoms with E-state index in [0.29, 0.717) is 19.1 Å². The highest BCUT2D eigenvalue weighted by atomic mass is 16.5. The van der Waals surface area contributed by atoms with E-state index in [-0.39, 0.29) is 0 Å². The van der Waals surface area contributed by atoms with Crippen molar-refractivity contribution < 1.29 is 9.15 Å². The Morgan fingerprint density at radius 1 is 1.53 bits per heavy atom. The van der Waals surface area contributed by atoms with Gasteiger partial charge >= 0.3 is 0 Å². The molecule has 0 amide bonds. The van der Waals surface area contributed by atoms with Gasteiger partial charge in [-0.15, -0.1) is 6.58 Å². The smallest absolute Gasteiger partial charge is 0.133 e. The fraction of sp³-hybridized carbons (Fsp3) is 0.571. The van der Waals surface area contributed by atoms with Crippen molar-refractivity contribution >= 4 is 0 Å². The lowest BCUT2D eigenvalue weighted by Crippen LogP contribution is -2.19. The minimum Gasteiger partial charge on any atom is -0.467 e. The number of nitrogens with one attached hydrogen (secondary N) is 1. The van der Waals surface area contributed by atoms with Crippen LogP contribution in [0, 0.1) is 5.92 Å². The van der Waals surface area contributed by atoms with Gasteiger partial charge in [0.2, 0.25) is 0 Å². The summed E-state index contributed by atoms with van der Waals surface area (Å²) in [5, 5.41) is 3.40. The molecule has 0 aromatic carbocycles. The predicted octanol–water partition coefficient (Wildman–Crippen LogP) is 3.12. The lowest BCUT2D eigenvalue weighted by Gasteiger charge is -2.07. The van der Waals surface area contributed by atoms with Crippen LogP contribution in [0.25, 0.3) is 0 Å². The fourth-order valence-electron chi connectivity index (χ4n) is 1.48. The fourth-order valence-corrected chi connectivity index (χ4v) is 1.48. The Balaban J connectivity index is 2.29. The molecule has 1 aromatic rings. The molecule has 3 heteroatoms. The van der Waals surface area contributed by atoms with Crippen molar-refractivity contribution in [2.45, 2.75) is 33.4 Å². The first kappa shape index (κ1) is 14.0. The van der Waals surface area contributed by atoms with Gasteiger partial charge in [-0.2, -0.15) is 0 Å². The number of hydrogen-bond acceptors (Lipinski definition) is 3. The van der Waals surface area contributed by atoms with Crippen LogP contribution in [-0.2, 0) is 17.9 Å². The Bertz CT molecular complexity index is 318. The molecule has 0 spiro atoms. The van der Waals surface area contributed by atoms with E-state index in [1.54, 1.807) is 6.26 Å². The molecule has 0 fully saturated rings. The molecule has 0 unspecified atom stereocenters. The average Bonchev–Trinajstić information content (AvgIpc) is 2.72. The molecule has 0 aliphatic rings. The summed E-state index contributed by atoms with van der Waals surface area (Å²) in [6.07, 6.45) is 4.45. The van der Waals surface area contributed by atoms with Crippen LogP contribution >= 0.6 is 0 Å². The van der Waals surface area contributed by atoms with E-state index in [1.165, 1.54) is 5.56 Å². The van der Waals surface area contributed by atoms with Crippen LogP contribution in [0.2, 0.25) is 0 Å². The van der Waals surface area contributed by atoms with Gasteiger partial charge in [0.05, 0.1) is 12.9 Å². The second-order valence-corrected chi connectivity index (χ2v) is 4.52. The minimum absolute atomic E-state index is 0.541. The third-order valence-corrected chi connectivity index (χ3v) is 2.41. The Morgan fingerprint density at radius 2 is 2.35 bits per heavy atom. The number of ether oxygens (including phenoxy) is 1. The molecule has 0 atom stereocenters. The van der Waals surface area contributed by atoms with Gasteiger partial charge in [0, 0.05) is 12.1 Å².